The molecule has 0 aliphatic carbocycles. The van der Waals surface area contributed by atoms with E-state index in [2.05, 4.69) is 31.3 Å². The largest absolute Gasteiger partial charge is 0.378 e. The highest BCUT2D eigenvalue weighted by Crippen LogP contribution is 2.30. The van der Waals surface area contributed by atoms with Gasteiger partial charge >= 0.3 is 5.69 Å². The Bertz CT molecular complexity index is 599. The van der Waals surface area contributed by atoms with Gasteiger partial charge in [-0.15, -0.1) is 0 Å². The summed E-state index contributed by atoms with van der Waals surface area (Å²) < 4.78 is 2.30. The minimum Gasteiger partial charge on any atom is -0.378 e. The molecule has 100 valence electrons. The summed E-state index contributed by atoms with van der Waals surface area (Å²) in [6.07, 6.45) is 7.19. The van der Waals surface area contributed by atoms with E-state index in [-0.39, 0.29) is 5.69 Å². The average molecular weight is 326 g/mol. The Morgan fingerprint density at radius 1 is 1.47 bits per heavy atom. The van der Waals surface area contributed by atoms with Crippen LogP contribution < -0.4 is 5.32 Å². The van der Waals surface area contributed by atoms with E-state index in [0.29, 0.717) is 16.7 Å². The van der Waals surface area contributed by atoms with Gasteiger partial charge in [0.25, 0.3) is 0 Å². The molecule has 2 aromatic rings. The van der Waals surface area contributed by atoms with Crippen LogP contribution in [0.25, 0.3) is 0 Å². The highest BCUT2D eigenvalue weighted by Gasteiger charge is 2.16. The molecule has 2 rings (SSSR count). The summed E-state index contributed by atoms with van der Waals surface area (Å²) in [6, 6.07) is 0. The molecule has 1 N–H and O–H groups in total. The van der Waals surface area contributed by atoms with E-state index < -0.39 is 4.92 Å². The fraction of sp³-hybridized carbons (Fsp3) is 0.273. The topological polar surface area (TPSA) is 85.9 Å². The molecular formula is C11H12BrN5O2. The van der Waals surface area contributed by atoms with E-state index in [1.807, 2.05) is 13.2 Å². The van der Waals surface area contributed by atoms with Crippen molar-refractivity contribution in [1.29, 1.82) is 0 Å². The number of aryl methyl sites for hydroxylation is 1. The van der Waals surface area contributed by atoms with E-state index in [1.54, 1.807) is 10.9 Å². The first-order chi connectivity index (χ1) is 9.08. The Labute approximate surface area is 117 Å². The monoisotopic (exact) mass is 325 g/mol. The number of nitrogens with zero attached hydrogens (tertiary/aromatic N) is 4. The van der Waals surface area contributed by atoms with Gasteiger partial charge in [-0.05, 0) is 27.9 Å². The Balaban J connectivity index is 2.05. The molecule has 0 saturated carbocycles. The summed E-state index contributed by atoms with van der Waals surface area (Å²) in [5, 5.41) is 18.0. The second kappa shape index (κ2) is 5.79. The maximum atomic E-state index is 10.9. The van der Waals surface area contributed by atoms with Crippen LogP contribution in [0, 0.1) is 10.1 Å². The standard InChI is InChI=1S/C11H12BrN5O2/c1-16-7-8(4-15-16)2-3-14-11-9(12)5-13-6-10(11)17(18)19/h4-7H,2-3H2,1H3,(H,13,14). The van der Waals surface area contributed by atoms with Crippen LogP contribution in [0.15, 0.2) is 29.3 Å². The third kappa shape index (κ3) is 3.28. The Morgan fingerprint density at radius 3 is 2.89 bits per heavy atom. The molecule has 0 bridgehead atoms. The van der Waals surface area contributed by atoms with Crippen molar-refractivity contribution in [3.05, 3.63) is 44.9 Å². The predicted octanol–water partition coefficient (Wildman–Crippen LogP) is 2.14. The summed E-state index contributed by atoms with van der Waals surface area (Å²) in [6.45, 7) is 0.579. The highest BCUT2D eigenvalue weighted by molar-refractivity contribution is 9.10. The molecule has 0 aliphatic rings. The fourth-order valence-corrected chi connectivity index (χ4v) is 2.13. The number of nitrogens with one attached hydrogen (secondary N) is 1. The second-order valence-corrected chi connectivity index (χ2v) is 4.83. The van der Waals surface area contributed by atoms with Gasteiger partial charge in [0.1, 0.15) is 11.9 Å². The van der Waals surface area contributed by atoms with E-state index in [0.717, 1.165) is 12.0 Å². The van der Waals surface area contributed by atoms with Crippen molar-refractivity contribution in [1.82, 2.24) is 14.8 Å². The highest BCUT2D eigenvalue weighted by atomic mass is 79.9. The van der Waals surface area contributed by atoms with E-state index >= 15 is 0 Å². The number of pyridine rings is 1. The van der Waals surface area contributed by atoms with Crippen LogP contribution in [-0.2, 0) is 13.5 Å². The van der Waals surface area contributed by atoms with Gasteiger partial charge in [0.15, 0.2) is 0 Å². The summed E-state index contributed by atoms with van der Waals surface area (Å²) in [4.78, 5) is 14.2. The van der Waals surface area contributed by atoms with Gasteiger partial charge < -0.3 is 5.32 Å². The van der Waals surface area contributed by atoms with Crippen molar-refractivity contribution in [2.45, 2.75) is 6.42 Å². The maximum Gasteiger partial charge on any atom is 0.311 e. The first kappa shape index (κ1) is 13.5. The molecule has 19 heavy (non-hydrogen) atoms. The summed E-state index contributed by atoms with van der Waals surface area (Å²) >= 11 is 3.26. The minimum atomic E-state index is -0.454. The maximum absolute atomic E-state index is 10.9. The quantitative estimate of drug-likeness (QED) is 0.672. The first-order valence-electron chi connectivity index (χ1n) is 5.57. The number of hydrogen-bond acceptors (Lipinski definition) is 5. The molecule has 0 unspecified atom stereocenters. The van der Waals surface area contributed by atoms with Gasteiger partial charge in [-0.3, -0.25) is 19.8 Å². The molecule has 2 aromatic heterocycles. The smallest absolute Gasteiger partial charge is 0.311 e. The number of nitro groups is 1. The van der Waals surface area contributed by atoms with Crippen LogP contribution in [-0.4, -0.2) is 26.2 Å². The van der Waals surface area contributed by atoms with Crippen molar-refractivity contribution in [2.24, 2.45) is 7.05 Å². The molecule has 0 saturated heterocycles. The summed E-state index contributed by atoms with van der Waals surface area (Å²) in [5.41, 5.74) is 1.48. The van der Waals surface area contributed by atoms with Crippen LogP contribution in [0.2, 0.25) is 0 Å². The molecule has 0 fully saturated rings. The van der Waals surface area contributed by atoms with Crippen LogP contribution in [0.4, 0.5) is 11.4 Å². The lowest BCUT2D eigenvalue weighted by Gasteiger charge is -2.07. The lowest BCUT2D eigenvalue weighted by Crippen LogP contribution is -2.07. The van der Waals surface area contributed by atoms with Gasteiger partial charge in [-0.25, -0.2) is 0 Å². The SMILES string of the molecule is Cn1cc(CCNc2c(Br)cncc2[N+](=O)[O-])cn1. The van der Waals surface area contributed by atoms with Gasteiger partial charge in [0.05, 0.1) is 15.6 Å². The van der Waals surface area contributed by atoms with Gasteiger partial charge in [0.2, 0.25) is 0 Å². The summed E-state index contributed by atoms with van der Waals surface area (Å²) in [5.74, 6) is 0. The molecule has 7 nitrogen and oxygen atoms in total. The zero-order valence-corrected chi connectivity index (χ0v) is 11.8. The van der Waals surface area contributed by atoms with E-state index in [9.17, 15) is 10.1 Å². The zero-order valence-electron chi connectivity index (χ0n) is 10.2. The minimum absolute atomic E-state index is 0.0411. The third-order valence-corrected chi connectivity index (χ3v) is 3.15. The first-order valence-corrected chi connectivity index (χ1v) is 6.36. The molecular weight excluding hydrogens is 314 g/mol. The Morgan fingerprint density at radius 2 is 2.26 bits per heavy atom. The van der Waals surface area contributed by atoms with Crippen LogP contribution in [0.1, 0.15) is 5.56 Å². The van der Waals surface area contributed by atoms with Crippen molar-refractivity contribution < 1.29 is 4.92 Å². The lowest BCUT2D eigenvalue weighted by atomic mass is 10.2. The molecule has 2 heterocycles. The number of aromatic nitrogens is 3. The number of anilines is 1. The molecule has 0 spiro atoms. The Hall–Kier alpha value is -1.96. The van der Waals surface area contributed by atoms with Crippen molar-refractivity contribution in [2.75, 3.05) is 11.9 Å². The van der Waals surface area contributed by atoms with Crippen molar-refractivity contribution in [3.8, 4) is 0 Å². The van der Waals surface area contributed by atoms with Crippen LogP contribution >= 0.6 is 15.9 Å². The molecule has 0 aromatic carbocycles. The third-order valence-electron chi connectivity index (χ3n) is 2.55. The van der Waals surface area contributed by atoms with E-state index in [1.165, 1.54) is 12.4 Å². The fourth-order valence-electron chi connectivity index (χ4n) is 1.67. The predicted molar refractivity (Wildman–Crippen MR) is 74.0 cm³/mol. The zero-order chi connectivity index (χ0) is 13.8. The van der Waals surface area contributed by atoms with Crippen LogP contribution in [0.3, 0.4) is 0 Å². The molecule has 0 amide bonds. The van der Waals surface area contributed by atoms with Crippen molar-refractivity contribution >= 4 is 27.3 Å². The van der Waals surface area contributed by atoms with E-state index in [4.69, 9.17) is 0 Å². The normalized spacial score (nSPS) is 10.4. The van der Waals surface area contributed by atoms with Crippen molar-refractivity contribution in [3.63, 3.8) is 0 Å². The number of halogens is 1. The number of rotatable bonds is 5. The molecule has 8 heteroatoms. The molecule has 0 atom stereocenters. The summed E-state index contributed by atoms with van der Waals surface area (Å²) in [7, 11) is 1.85. The molecule has 0 radical (unpaired) electrons. The lowest BCUT2D eigenvalue weighted by molar-refractivity contribution is -0.384. The Kier molecular flexibility index (Phi) is 4.10. The van der Waals surface area contributed by atoms with Gasteiger partial charge in [-0.2, -0.15) is 5.10 Å². The second-order valence-electron chi connectivity index (χ2n) is 3.97. The van der Waals surface area contributed by atoms with Crippen LogP contribution in [0.5, 0.6) is 0 Å². The molecule has 0 aliphatic heterocycles. The van der Waals surface area contributed by atoms with Gasteiger partial charge in [-0.1, -0.05) is 0 Å². The van der Waals surface area contributed by atoms with Gasteiger partial charge in [0, 0.05) is 26.0 Å². The number of hydrogen-bond donors (Lipinski definition) is 1. The average Bonchev–Trinajstić information content (AvgIpc) is 2.77.